The average Bonchev–Trinajstić information content (AvgIpc) is 3.21. The molecule has 3 aromatic rings. The Kier molecular flexibility index (Phi) is 6.30. The number of nitriles is 1. The molecule has 3 rings (SSSR count). The van der Waals surface area contributed by atoms with Gasteiger partial charge >= 0.3 is 0 Å². The molecule has 0 amide bonds. The molecular formula is C22H19N3O2S. The van der Waals surface area contributed by atoms with E-state index in [4.69, 9.17) is 0 Å². The number of unbranched alkanes of at least 4 members (excludes halogenated alkanes) is 1. The number of nitrogens with zero attached hydrogens (tertiary/aromatic N) is 3. The number of nitro groups is 1. The van der Waals surface area contributed by atoms with Crippen LogP contribution in [0.1, 0.15) is 35.9 Å². The number of hydrogen-bond donors (Lipinski definition) is 0. The highest BCUT2D eigenvalue weighted by Gasteiger charge is 2.11. The van der Waals surface area contributed by atoms with Crippen LogP contribution in [0.4, 0.5) is 5.69 Å². The van der Waals surface area contributed by atoms with Gasteiger partial charge in [0.05, 0.1) is 16.2 Å². The predicted octanol–water partition coefficient (Wildman–Crippen LogP) is 6.13. The normalized spacial score (nSPS) is 11.2. The van der Waals surface area contributed by atoms with E-state index in [1.54, 1.807) is 18.2 Å². The lowest BCUT2D eigenvalue weighted by atomic mass is 10.1. The van der Waals surface area contributed by atoms with Gasteiger partial charge < -0.3 is 0 Å². The SMILES string of the molecule is CCCCc1ccc(-c2csc(C(C#N)=Cc3cccc([N+](=O)[O-])c3)n2)cc1. The number of benzene rings is 2. The summed E-state index contributed by atoms with van der Waals surface area (Å²) < 4.78 is 0. The summed E-state index contributed by atoms with van der Waals surface area (Å²) >= 11 is 1.39. The largest absolute Gasteiger partial charge is 0.270 e. The van der Waals surface area contributed by atoms with Gasteiger partial charge in [-0.25, -0.2) is 4.98 Å². The smallest absolute Gasteiger partial charge is 0.258 e. The molecule has 0 spiro atoms. The summed E-state index contributed by atoms with van der Waals surface area (Å²) in [6.07, 6.45) is 5.05. The van der Waals surface area contributed by atoms with E-state index in [1.807, 2.05) is 5.38 Å². The summed E-state index contributed by atoms with van der Waals surface area (Å²) in [7, 11) is 0. The van der Waals surface area contributed by atoms with Gasteiger partial charge in [-0.1, -0.05) is 49.7 Å². The van der Waals surface area contributed by atoms with E-state index in [0.717, 1.165) is 17.7 Å². The highest BCUT2D eigenvalue weighted by atomic mass is 32.1. The summed E-state index contributed by atoms with van der Waals surface area (Å²) in [6.45, 7) is 2.18. The molecule has 0 fully saturated rings. The van der Waals surface area contributed by atoms with Crippen LogP contribution < -0.4 is 0 Å². The van der Waals surface area contributed by atoms with Crippen LogP contribution >= 0.6 is 11.3 Å². The monoisotopic (exact) mass is 389 g/mol. The Morgan fingerprint density at radius 1 is 1.29 bits per heavy atom. The zero-order valence-electron chi connectivity index (χ0n) is 15.5. The lowest BCUT2D eigenvalue weighted by molar-refractivity contribution is -0.384. The summed E-state index contributed by atoms with van der Waals surface area (Å²) in [5, 5.41) is 23.0. The molecule has 0 radical (unpaired) electrons. The van der Waals surface area contributed by atoms with E-state index in [1.165, 1.54) is 41.9 Å². The van der Waals surface area contributed by atoms with Crippen molar-refractivity contribution in [3.05, 3.63) is 80.2 Å². The van der Waals surface area contributed by atoms with Gasteiger partial charge in [-0.3, -0.25) is 10.1 Å². The van der Waals surface area contributed by atoms with Gasteiger partial charge in [0.1, 0.15) is 11.1 Å². The summed E-state index contributed by atoms with van der Waals surface area (Å²) in [5.41, 5.74) is 4.12. The first-order valence-corrected chi connectivity index (χ1v) is 9.90. The Morgan fingerprint density at radius 2 is 2.07 bits per heavy atom. The second-order valence-corrected chi connectivity index (χ2v) is 7.22. The lowest BCUT2D eigenvalue weighted by Crippen LogP contribution is -1.88. The summed E-state index contributed by atoms with van der Waals surface area (Å²) in [4.78, 5) is 15.1. The number of aromatic nitrogens is 1. The number of rotatable bonds is 7. The molecule has 0 saturated heterocycles. The minimum atomic E-state index is -0.449. The van der Waals surface area contributed by atoms with Crippen molar-refractivity contribution in [2.45, 2.75) is 26.2 Å². The maximum atomic E-state index is 10.9. The van der Waals surface area contributed by atoms with Crippen molar-refractivity contribution in [2.75, 3.05) is 0 Å². The van der Waals surface area contributed by atoms with E-state index in [-0.39, 0.29) is 5.69 Å². The van der Waals surface area contributed by atoms with Gasteiger partial charge in [-0.2, -0.15) is 5.26 Å². The number of non-ortho nitro benzene ring substituents is 1. The summed E-state index contributed by atoms with van der Waals surface area (Å²) in [6, 6.07) is 16.7. The number of thiazole rings is 1. The second-order valence-electron chi connectivity index (χ2n) is 6.36. The topological polar surface area (TPSA) is 79.8 Å². The Balaban J connectivity index is 1.84. The number of nitro benzene ring substituents is 1. The van der Waals surface area contributed by atoms with E-state index < -0.39 is 4.92 Å². The number of allylic oxidation sites excluding steroid dienone is 1. The van der Waals surface area contributed by atoms with Crippen molar-refractivity contribution in [1.29, 1.82) is 5.26 Å². The van der Waals surface area contributed by atoms with Crippen LogP contribution in [0, 0.1) is 21.4 Å². The molecule has 0 aliphatic rings. The van der Waals surface area contributed by atoms with Crippen LogP contribution in [0.2, 0.25) is 0 Å². The van der Waals surface area contributed by atoms with Crippen molar-refractivity contribution >= 4 is 28.7 Å². The standard InChI is InChI=1S/C22H19N3O2S/c1-2-3-5-16-8-10-18(11-9-16)21-15-28-22(24-21)19(14-23)12-17-6-4-7-20(13-17)25(26)27/h4,6-13,15H,2-3,5H2,1H3. The maximum absolute atomic E-state index is 10.9. The molecule has 0 bridgehead atoms. The third-order valence-corrected chi connectivity index (χ3v) is 5.19. The van der Waals surface area contributed by atoms with Crippen molar-refractivity contribution in [3.8, 4) is 17.3 Å². The fourth-order valence-electron chi connectivity index (χ4n) is 2.79. The Morgan fingerprint density at radius 3 is 2.75 bits per heavy atom. The summed E-state index contributed by atoms with van der Waals surface area (Å²) in [5.74, 6) is 0. The van der Waals surface area contributed by atoms with Crippen LogP contribution in [0.15, 0.2) is 53.9 Å². The first-order valence-electron chi connectivity index (χ1n) is 9.02. The molecule has 0 N–H and O–H groups in total. The zero-order valence-corrected chi connectivity index (χ0v) is 16.3. The van der Waals surface area contributed by atoms with Gasteiger partial charge in [0.2, 0.25) is 0 Å². The number of hydrogen-bond acceptors (Lipinski definition) is 5. The maximum Gasteiger partial charge on any atom is 0.270 e. The molecule has 140 valence electrons. The van der Waals surface area contributed by atoms with Crippen molar-refractivity contribution in [1.82, 2.24) is 4.98 Å². The molecule has 5 nitrogen and oxygen atoms in total. The lowest BCUT2D eigenvalue weighted by Gasteiger charge is -2.01. The molecule has 2 aromatic carbocycles. The minimum Gasteiger partial charge on any atom is -0.258 e. The van der Waals surface area contributed by atoms with Crippen LogP contribution in [-0.2, 0) is 6.42 Å². The average molecular weight is 389 g/mol. The quantitative estimate of drug-likeness (QED) is 0.277. The van der Waals surface area contributed by atoms with Gasteiger partial charge in [0, 0.05) is 23.1 Å². The van der Waals surface area contributed by atoms with E-state index in [9.17, 15) is 15.4 Å². The minimum absolute atomic E-state index is 0.00553. The van der Waals surface area contributed by atoms with Crippen molar-refractivity contribution in [3.63, 3.8) is 0 Å². The van der Waals surface area contributed by atoms with E-state index in [2.05, 4.69) is 42.2 Å². The van der Waals surface area contributed by atoms with Crippen LogP contribution in [-0.4, -0.2) is 9.91 Å². The van der Waals surface area contributed by atoms with Gasteiger partial charge in [0.25, 0.3) is 5.69 Å². The first kappa shape index (κ1) is 19.5. The molecular weight excluding hydrogens is 370 g/mol. The zero-order chi connectivity index (χ0) is 19.9. The van der Waals surface area contributed by atoms with Crippen molar-refractivity contribution in [2.24, 2.45) is 0 Å². The van der Waals surface area contributed by atoms with Crippen LogP contribution in [0.3, 0.4) is 0 Å². The molecule has 28 heavy (non-hydrogen) atoms. The molecule has 0 saturated carbocycles. The second kappa shape index (κ2) is 9.07. The van der Waals surface area contributed by atoms with Crippen molar-refractivity contribution < 1.29 is 4.92 Å². The third kappa shape index (κ3) is 4.70. The van der Waals surface area contributed by atoms with Gasteiger partial charge in [0.15, 0.2) is 0 Å². The Labute approximate surface area is 167 Å². The predicted molar refractivity (Wildman–Crippen MR) is 113 cm³/mol. The fourth-order valence-corrected chi connectivity index (χ4v) is 3.58. The Hall–Kier alpha value is -3.30. The molecule has 0 unspecified atom stereocenters. The van der Waals surface area contributed by atoms with E-state index in [0.29, 0.717) is 16.1 Å². The van der Waals surface area contributed by atoms with Gasteiger partial charge in [-0.05, 0) is 30.0 Å². The number of aryl methyl sites for hydroxylation is 1. The van der Waals surface area contributed by atoms with Crippen LogP contribution in [0.5, 0.6) is 0 Å². The third-order valence-electron chi connectivity index (χ3n) is 4.32. The fraction of sp³-hybridized carbons (Fsp3) is 0.182. The van der Waals surface area contributed by atoms with Crippen LogP contribution in [0.25, 0.3) is 22.9 Å². The molecule has 1 aromatic heterocycles. The first-order chi connectivity index (χ1) is 13.6. The molecule has 6 heteroatoms. The van der Waals surface area contributed by atoms with E-state index >= 15 is 0 Å². The molecule has 1 heterocycles. The Bertz CT molecular complexity index is 1050. The molecule has 0 atom stereocenters. The molecule has 0 aliphatic carbocycles. The highest BCUT2D eigenvalue weighted by Crippen LogP contribution is 2.28. The highest BCUT2D eigenvalue weighted by molar-refractivity contribution is 7.11. The molecule has 0 aliphatic heterocycles. The van der Waals surface area contributed by atoms with Gasteiger partial charge in [-0.15, -0.1) is 11.3 Å².